The number of halogens is 3. The van der Waals surface area contributed by atoms with Crippen LogP contribution in [0.3, 0.4) is 0 Å². The molecular weight excluding hydrogens is 499 g/mol. The number of aromatic nitrogens is 2. The smallest absolute Gasteiger partial charge is 0.213 e. The van der Waals surface area contributed by atoms with Crippen LogP contribution >= 0.6 is 0 Å². The highest BCUT2D eigenvalue weighted by molar-refractivity contribution is 5.84. The summed E-state index contributed by atoms with van der Waals surface area (Å²) in [6.45, 7) is -0.0501. The Morgan fingerprint density at radius 1 is 1.16 bits per heavy atom. The van der Waals surface area contributed by atoms with Crippen molar-refractivity contribution in [2.45, 2.75) is 43.6 Å². The summed E-state index contributed by atoms with van der Waals surface area (Å²) in [5.74, 6) is -1.23. The molecule has 1 unspecified atom stereocenters. The van der Waals surface area contributed by atoms with Crippen molar-refractivity contribution in [1.29, 1.82) is 0 Å². The maximum absolute atomic E-state index is 14.7. The number of nitrogens with one attached hydrogen (secondary N) is 1. The summed E-state index contributed by atoms with van der Waals surface area (Å²) >= 11 is 0. The first kappa shape index (κ1) is 27.7. The topological polar surface area (TPSA) is 96.7 Å². The van der Waals surface area contributed by atoms with Crippen molar-refractivity contribution in [3.8, 4) is 5.88 Å². The van der Waals surface area contributed by atoms with E-state index in [1.807, 2.05) is 0 Å². The van der Waals surface area contributed by atoms with Gasteiger partial charge in [0, 0.05) is 36.2 Å². The highest BCUT2D eigenvalue weighted by Gasteiger charge is 2.31. The first-order valence-electron chi connectivity index (χ1n) is 12.3. The van der Waals surface area contributed by atoms with Crippen LogP contribution in [-0.2, 0) is 4.74 Å². The maximum Gasteiger partial charge on any atom is 0.213 e. The molecule has 1 fully saturated rings. The molecule has 1 aromatic carbocycles. The van der Waals surface area contributed by atoms with Crippen LogP contribution in [0, 0.1) is 17.5 Å². The second kappa shape index (κ2) is 13.0. The molecule has 2 aromatic heterocycles. The Hall–Kier alpha value is -3.31. The summed E-state index contributed by atoms with van der Waals surface area (Å²) in [5, 5.41) is 22.7. The fraction of sp³-hybridized carbons (Fsp3) is 0.357. The Morgan fingerprint density at radius 3 is 2.79 bits per heavy atom. The lowest BCUT2D eigenvalue weighted by Crippen LogP contribution is -2.48. The Morgan fingerprint density at radius 2 is 2.00 bits per heavy atom. The number of methoxy groups -OCH3 is 1. The molecule has 0 amide bonds. The molecule has 4 atom stereocenters. The highest BCUT2D eigenvalue weighted by Crippen LogP contribution is 2.27. The van der Waals surface area contributed by atoms with Gasteiger partial charge in [0.15, 0.2) is 5.82 Å². The number of aliphatic hydroxyl groups is 2. The average Bonchev–Trinajstić information content (AvgIpc) is 2.92. The lowest BCUT2D eigenvalue weighted by molar-refractivity contribution is -0.0714. The molecule has 1 aliphatic rings. The van der Waals surface area contributed by atoms with Crippen LogP contribution in [0.25, 0.3) is 23.2 Å². The van der Waals surface area contributed by atoms with E-state index in [4.69, 9.17) is 9.47 Å². The molecule has 1 aliphatic heterocycles. The van der Waals surface area contributed by atoms with Gasteiger partial charge in [-0.25, -0.2) is 18.2 Å². The fourth-order valence-electron chi connectivity index (χ4n) is 4.42. The third-order valence-electron chi connectivity index (χ3n) is 6.39. The van der Waals surface area contributed by atoms with Gasteiger partial charge < -0.3 is 25.0 Å². The van der Waals surface area contributed by atoms with E-state index in [0.29, 0.717) is 36.3 Å². The third kappa shape index (κ3) is 6.96. The van der Waals surface area contributed by atoms with Crippen LogP contribution in [0.4, 0.5) is 13.2 Å². The van der Waals surface area contributed by atoms with Crippen LogP contribution in [0.1, 0.15) is 30.4 Å². The Kier molecular flexibility index (Phi) is 9.46. The zero-order chi connectivity index (χ0) is 27.1. The number of hydrogen-bond acceptors (Lipinski definition) is 7. The molecule has 0 spiro atoms. The second-order valence-electron chi connectivity index (χ2n) is 9.05. The maximum atomic E-state index is 14.7. The predicted octanol–water partition coefficient (Wildman–Crippen LogP) is 4.03. The standard InChI is InChI=1S/C28H30F3N3O4/c1-37-27-11-10-25-28(34-27)21(23(31)15-33-25)7-5-20-6-9-24(26(38-20)14-19(36)16-35)32-12-2-3-17-13-18(29)4-8-22(17)30/h2-5,7-8,10-11,13,15,19-20,24,26,32,35-36H,6,9,12,14,16H2,1H3/b3-2+,7-5+/t19?,20-,24-,26-/m1/s1. The molecule has 0 aliphatic carbocycles. The molecule has 7 nitrogen and oxygen atoms in total. The molecule has 10 heteroatoms. The van der Waals surface area contributed by atoms with Crippen molar-refractivity contribution in [2.24, 2.45) is 0 Å². The summed E-state index contributed by atoms with van der Waals surface area (Å²) in [7, 11) is 1.48. The van der Waals surface area contributed by atoms with Crippen molar-refractivity contribution in [1.82, 2.24) is 15.3 Å². The zero-order valence-electron chi connectivity index (χ0n) is 20.9. The summed E-state index contributed by atoms with van der Waals surface area (Å²) in [4.78, 5) is 8.41. The van der Waals surface area contributed by atoms with Gasteiger partial charge in [0.05, 0.1) is 43.7 Å². The molecule has 3 N–H and O–H groups in total. The third-order valence-corrected chi connectivity index (χ3v) is 6.39. The number of nitrogens with zero attached hydrogens (tertiary/aromatic N) is 2. The van der Waals surface area contributed by atoms with E-state index in [1.165, 1.54) is 13.2 Å². The quantitative estimate of drug-likeness (QED) is 0.365. The number of ether oxygens (including phenoxy) is 2. The van der Waals surface area contributed by atoms with Crippen LogP contribution in [0.2, 0.25) is 0 Å². The van der Waals surface area contributed by atoms with Crippen LogP contribution < -0.4 is 10.1 Å². The summed E-state index contributed by atoms with van der Waals surface area (Å²) in [5.41, 5.74) is 1.30. The number of fused-ring (bicyclic) bond motifs is 1. The van der Waals surface area contributed by atoms with Gasteiger partial charge in [0.25, 0.3) is 0 Å². The minimum atomic E-state index is -0.970. The molecule has 0 saturated carbocycles. The van der Waals surface area contributed by atoms with Crippen LogP contribution in [0.15, 0.2) is 48.7 Å². The fourth-order valence-corrected chi connectivity index (χ4v) is 4.42. The molecule has 202 valence electrons. The lowest BCUT2D eigenvalue weighted by Gasteiger charge is -2.37. The molecule has 3 aromatic rings. The van der Waals surface area contributed by atoms with E-state index in [1.54, 1.807) is 30.4 Å². The Balaban J connectivity index is 1.44. The Bertz CT molecular complexity index is 1300. The van der Waals surface area contributed by atoms with E-state index in [0.717, 1.165) is 24.4 Å². The van der Waals surface area contributed by atoms with Crippen molar-refractivity contribution < 1.29 is 32.9 Å². The van der Waals surface area contributed by atoms with Gasteiger partial charge in [0.2, 0.25) is 5.88 Å². The van der Waals surface area contributed by atoms with Gasteiger partial charge in [-0.05, 0) is 37.1 Å². The zero-order valence-corrected chi connectivity index (χ0v) is 20.9. The second-order valence-corrected chi connectivity index (χ2v) is 9.05. The molecular formula is C28H30F3N3O4. The molecule has 4 rings (SSSR count). The molecule has 0 bridgehead atoms. The van der Waals surface area contributed by atoms with Crippen molar-refractivity contribution >= 4 is 23.2 Å². The van der Waals surface area contributed by atoms with Gasteiger partial charge in [-0.15, -0.1) is 0 Å². The van der Waals surface area contributed by atoms with Gasteiger partial charge >= 0.3 is 0 Å². The molecule has 0 radical (unpaired) electrons. The predicted molar refractivity (Wildman–Crippen MR) is 138 cm³/mol. The van der Waals surface area contributed by atoms with Gasteiger partial charge in [-0.2, -0.15) is 0 Å². The van der Waals surface area contributed by atoms with E-state index >= 15 is 0 Å². The number of rotatable bonds is 10. The Labute approximate surface area is 218 Å². The first-order chi connectivity index (χ1) is 18.4. The SMILES string of the molecule is COc1ccc2ncc(F)c(/C=C/[C@@H]3CC[C@@H](NC/C=C/c4cc(F)ccc4F)[C@@H](CC(O)CO)O3)c2n1. The van der Waals surface area contributed by atoms with Gasteiger partial charge in [-0.3, -0.25) is 4.98 Å². The number of aliphatic hydroxyl groups excluding tert-OH is 2. The molecule has 3 heterocycles. The summed E-state index contributed by atoms with van der Waals surface area (Å²) < 4.78 is 53.2. The summed E-state index contributed by atoms with van der Waals surface area (Å²) in [6, 6.07) is 6.45. The molecule has 1 saturated heterocycles. The van der Waals surface area contributed by atoms with E-state index in [9.17, 15) is 23.4 Å². The van der Waals surface area contributed by atoms with E-state index in [2.05, 4.69) is 15.3 Å². The minimum Gasteiger partial charge on any atom is -0.481 e. The number of hydrogen-bond donors (Lipinski definition) is 3. The average molecular weight is 530 g/mol. The van der Waals surface area contributed by atoms with Gasteiger partial charge in [-0.1, -0.05) is 24.3 Å². The first-order valence-corrected chi connectivity index (χ1v) is 12.3. The minimum absolute atomic E-state index is 0.145. The van der Waals surface area contributed by atoms with Gasteiger partial charge in [0.1, 0.15) is 17.2 Å². The van der Waals surface area contributed by atoms with Crippen molar-refractivity contribution in [3.63, 3.8) is 0 Å². The van der Waals surface area contributed by atoms with Crippen molar-refractivity contribution in [2.75, 3.05) is 20.3 Å². The number of pyridine rings is 2. The van der Waals surface area contributed by atoms with Crippen molar-refractivity contribution in [3.05, 3.63) is 77.3 Å². The number of benzene rings is 1. The highest BCUT2D eigenvalue weighted by atomic mass is 19.1. The summed E-state index contributed by atoms with van der Waals surface area (Å²) in [6.07, 6.45) is 7.37. The van der Waals surface area contributed by atoms with Crippen LogP contribution in [0.5, 0.6) is 5.88 Å². The van der Waals surface area contributed by atoms with E-state index in [-0.39, 0.29) is 29.7 Å². The normalized spacial score (nSPS) is 20.9. The monoisotopic (exact) mass is 529 g/mol. The van der Waals surface area contributed by atoms with Crippen LogP contribution in [-0.4, -0.2) is 64.8 Å². The lowest BCUT2D eigenvalue weighted by atomic mass is 9.94. The largest absolute Gasteiger partial charge is 0.481 e. The molecule has 38 heavy (non-hydrogen) atoms. The van der Waals surface area contributed by atoms with E-state index < -0.39 is 36.3 Å².